The molecule has 0 aliphatic heterocycles. The molecular formula is C24H33N7O3. The van der Waals surface area contributed by atoms with E-state index in [-0.39, 0.29) is 23.3 Å². The van der Waals surface area contributed by atoms with Crippen molar-refractivity contribution >= 4 is 35.0 Å². The Bertz CT molecular complexity index is 1070. The molecule has 3 amide bonds. The summed E-state index contributed by atoms with van der Waals surface area (Å²) in [5, 5.41) is 5.99. The van der Waals surface area contributed by atoms with E-state index in [1.54, 1.807) is 14.0 Å². The van der Waals surface area contributed by atoms with Crippen LogP contribution in [-0.4, -0.2) is 66.3 Å². The van der Waals surface area contributed by atoms with Crippen molar-refractivity contribution in [3.8, 4) is 0 Å². The standard InChI is InChI=1S/C24H33N7O3/c1-7-18-23(30(4)5)29-22(20(28-18)21(25)33)27-17-11-9-10-16(14-17)12-13-26-24(34)15(3)31(6)19(32)8-2/h8-11,14-15H,2,7,12-13H2,1,3-6H3,(H2,25,33)(H,26,34)(H,27,29)/t15-/m0/s1. The second-order valence-corrected chi connectivity index (χ2v) is 8.00. The fourth-order valence-electron chi connectivity index (χ4n) is 3.25. The molecule has 182 valence electrons. The molecule has 2 rings (SSSR count). The minimum absolute atomic E-state index is 0.0762. The third kappa shape index (κ3) is 6.53. The average Bonchev–Trinajstić information content (AvgIpc) is 2.82. The fraction of sp³-hybridized carbons (Fsp3) is 0.375. The van der Waals surface area contributed by atoms with Gasteiger partial charge in [0.25, 0.3) is 5.91 Å². The van der Waals surface area contributed by atoms with Crippen LogP contribution in [0.15, 0.2) is 36.9 Å². The second-order valence-electron chi connectivity index (χ2n) is 8.00. The van der Waals surface area contributed by atoms with Crippen molar-refractivity contribution < 1.29 is 14.4 Å². The highest BCUT2D eigenvalue weighted by molar-refractivity contribution is 5.96. The zero-order valence-electron chi connectivity index (χ0n) is 20.4. The number of primary amides is 1. The molecule has 10 heteroatoms. The molecule has 0 saturated carbocycles. The third-order valence-corrected chi connectivity index (χ3v) is 5.32. The first-order valence-electron chi connectivity index (χ1n) is 11.0. The summed E-state index contributed by atoms with van der Waals surface area (Å²) in [5.74, 6) is -0.293. The normalized spacial score (nSPS) is 11.3. The summed E-state index contributed by atoms with van der Waals surface area (Å²) in [7, 11) is 5.27. The van der Waals surface area contributed by atoms with Crippen molar-refractivity contribution in [3.05, 3.63) is 53.9 Å². The molecule has 10 nitrogen and oxygen atoms in total. The lowest BCUT2D eigenvalue weighted by Crippen LogP contribution is -2.45. The van der Waals surface area contributed by atoms with Crippen LogP contribution >= 0.6 is 0 Å². The number of benzene rings is 1. The minimum Gasteiger partial charge on any atom is -0.364 e. The third-order valence-electron chi connectivity index (χ3n) is 5.32. The molecule has 0 aliphatic rings. The number of hydrogen-bond acceptors (Lipinski definition) is 7. The van der Waals surface area contributed by atoms with Gasteiger partial charge in [0.15, 0.2) is 17.3 Å². The molecule has 0 aliphatic carbocycles. The maximum Gasteiger partial charge on any atom is 0.271 e. The number of rotatable bonds is 11. The number of nitrogens with two attached hydrogens (primary N) is 1. The predicted molar refractivity (Wildman–Crippen MR) is 133 cm³/mol. The van der Waals surface area contributed by atoms with E-state index in [4.69, 9.17) is 5.73 Å². The summed E-state index contributed by atoms with van der Waals surface area (Å²) in [5.41, 5.74) is 7.98. The largest absolute Gasteiger partial charge is 0.364 e. The van der Waals surface area contributed by atoms with E-state index in [0.717, 1.165) is 5.56 Å². The van der Waals surface area contributed by atoms with Gasteiger partial charge in [-0.25, -0.2) is 9.97 Å². The van der Waals surface area contributed by atoms with E-state index in [1.807, 2.05) is 50.2 Å². The number of amides is 3. The van der Waals surface area contributed by atoms with Crippen LogP contribution in [0.4, 0.5) is 17.3 Å². The molecule has 0 radical (unpaired) electrons. The van der Waals surface area contributed by atoms with Gasteiger partial charge in [-0.2, -0.15) is 0 Å². The van der Waals surface area contributed by atoms with Gasteiger partial charge in [-0.15, -0.1) is 0 Å². The van der Waals surface area contributed by atoms with Gasteiger partial charge in [0.05, 0.1) is 5.69 Å². The topological polar surface area (TPSA) is 134 Å². The van der Waals surface area contributed by atoms with Crippen molar-refractivity contribution in [3.63, 3.8) is 0 Å². The Morgan fingerprint density at radius 3 is 2.50 bits per heavy atom. The zero-order valence-corrected chi connectivity index (χ0v) is 20.4. The van der Waals surface area contributed by atoms with E-state index < -0.39 is 11.9 Å². The van der Waals surface area contributed by atoms with Crippen LogP contribution < -0.4 is 21.3 Å². The first-order valence-corrected chi connectivity index (χ1v) is 11.0. The molecule has 1 heterocycles. The molecule has 34 heavy (non-hydrogen) atoms. The Labute approximate surface area is 200 Å². The van der Waals surface area contributed by atoms with Crippen molar-refractivity contribution in [1.29, 1.82) is 0 Å². The van der Waals surface area contributed by atoms with Crippen molar-refractivity contribution in [2.45, 2.75) is 32.7 Å². The number of nitrogens with one attached hydrogen (secondary N) is 2. The number of aryl methyl sites for hydroxylation is 1. The molecule has 0 unspecified atom stereocenters. The van der Waals surface area contributed by atoms with Crippen LogP contribution in [0.5, 0.6) is 0 Å². The Kier molecular flexibility index (Phi) is 9.11. The quantitative estimate of drug-likeness (QED) is 0.428. The van der Waals surface area contributed by atoms with Gasteiger partial charge in [0, 0.05) is 33.4 Å². The number of carbonyl (C=O) groups is 3. The molecule has 1 atom stereocenters. The second kappa shape index (κ2) is 11.8. The van der Waals surface area contributed by atoms with E-state index in [1.165, 1.54) is 11.0 Å². The molecule has 4 N–H and O–H groups in total. The highest BCUT2D eigenvalue weighted by Gasteiger charge is 2.20. The number of anilines is 3. The minimum atomic E-state index is -0.664. The van der Waals surface area contributed by atoms with Crippen LogP contribution in [0.2, 0.25) is 0 Å². The van der Waals surface area contributed by atoms with E-state index in [9.17, 15) is 14.4 Å². The van der Waals surface area contributed by atoms with Crippen LogP contribution in [-0.2, 0) is 22.4 Å². The number of likely N-dealkylation sites (N-methyl/N-ethyl adjacent to an activating group) is 1. The average molecular weight is 468 g/mol. The first kappa shape index (κ1) is 26.3. The molecule has 0 saturated heterocycles. The summed E-state index contributed by atoms with van der Waals surface area (Å²) in [6, 6.07) is 6.93. The van der Waals surface area contributed by atoms with Crippen molar-refractivity contribution in [2.75, 3.05) is 37.9 Å². The lowest BCUT2D eigenvalue weighted by Gasteiger charge is -2.22. The molecular weight excluding hydrogens is 434 g/mol. The van der Waals surface area contributed by atoms with Gasteiger partial charge in [-0.3, -0.25) is 14.4 Å². The smallest absolute Gasteiger partial charge is 0.271 e. The first-order chi connectivity index (χ1) is 16.1. The van der Waals surface area contributed by atoms with Gasteiger partial charge < -0.3 is 26.2 Å². The number of hydrogen-bond donors (Lipinski definition) is 3. The van der Waals surface area contributed by atoms with Crippen molar-refractivity contribution in [2.24, 2.45) is 5.73 Å². The van der Waals surface area contributed by atoms with Crippen molar-refractivity contribution in [1.82, 2.24) is 20.2 Å². The molecule has 0 spiro atoms. The van der Waals surface area contributed by atoms with Crippen LogP contribution in [0, 0.1) is 0 Å². The molecule has 0 bridgehead atoms. The predicted octanol–water partition coefficient (Wildman–Crippen LogP) is 1.64. The Morgan fingerprint density at radius 1 is 1.21 bits per heavy atom. The SMILES string of the molecule is C=CC(=O)N(C)[C@@H](C)C(=O)NCCc1cccc(Nc2nc(N(C)C)c(CC)nc2C(N)=O)c1. The van der Waals surface area contributed by atoms with Crippen LogP contribution in [0.25, 0.3) is 0 Å². The molecule has 1 aromatic carbocycles. The van der Waals surface area contributed by atoms with Crippen LogP contribution in [0.1, 0.15) is 35.6 Å². The monoisotopic (exact) mass is 467 g/mol. The maximum absolute atomic E-state index is 12.3. The summed E-state index contributed by atoms with van der Waals surface area (Å²) in [6.07, 6.45) is 2.35. The summed E-state index contributed by atoms with van der Waals surface area (Å²) >= 11 is 0. The van der Waals surface area contributed by atoms with E-state index in [2.05, 4.69) is 27.2 Å². The van der Waals surface area contributed by atoms with Gasteiger partial charge in [0.1, 0.15) is 6.04 Å². The Morgan fingerprint density at radius 2 is 1.91 bits per heavy atom. The van der Waals surface area contributed by atoms with E-state index >= 15 is 0 Å². The maximum atomic E-state index is 12.3. The zero-order chi connectivity index (χ0) is 25.4. The fourth-order valence-corrected chi connectivity index (χ4v) is 3.25. The lowest BCUT2D eigenvalue weighted by molar-refractivity contribution is -0.135. The lowest BCUT2D eigenvalue weighted by atomic mass is 10.1. The van der Waals surface area contributed by atoms with Gasteiger partial charge in [-0.05, 0) is 43.5 Å². The summed E-state index contributed by atoms with van der Waals surface area (Å²) < 4.78 is 0. The van der Waals surface area contributed by atoms with Gasteiger partial charge in [-0.1, -0.05) is 25.6 Å². The Hall–Kier alpha value is -3.95. The summed E-state index contributed by atoms with van der Waals surface area (Å²) in [6.45, 7) is 7.42. The number of carbonyl (C=O) groups excluding carboxylic acids is 3. The van der Waals surface area contributed by atoms with Crippen LogP contribution in [0.3, 0.4) is 0 Å². The molecule has 0 fully saturated rings. The van der Waals surface area contributed by atoms with E-state index in [0.29, 0.717) is 36.6 Å². The highest BCUT2D eigenvalue weighted by atomic mass is 16.2. The number of aromatic nitrogens is 2. The summed E-state index contributed by atoms with van der Waals surface area (Å²) in [4.78, 5) is 48.2. The number of nitrogens with zero attached hydrogens (tertiary/aromatic N) is 4. The van der Waals surface area contributed by atoms with Gasteiger partial charge in [0.2, 0.25) is 11.8 Å². The van der Waals surface area contributed by atoms with Gasteiger partial charge >= 0.3 is 0 Å². The molecule has 2 aromatic rings. The Balaban J connectivity index is 2.12. The molecule has 1 aromatic heterocycles. The highest BCUT2D eigenvalue weighted by Crippen LogP contribution is 2.24.